The summed E-state index contributed by atoms with van der Waals surface area (Å²) in [6.45, 7) is 10.2. The zero-order chi connectivity index (χ0) is 43.5. The van der Waals surface area contributed by atoms with Gasteiger partial charge in [-0.25, -0.2) is 10.8 Å². The van der Waals surface area contributed by atoms with Gasteiger partial charge in [-0.2, -0.15) is 0 Å². The van der Waals surface area contributed by atoms with E-state index >= 15 is 0 Å². The van der Waals surface area contributed by atoms with Gasteiger partial charge >= 0.3 is 0 Å². The van der Waals surface area contributed by atoms with E-state index in [4.69, 9.17) is 24.8 Å². The Labute approximate surface area is 360 Å². The minimum Gasteiger partial charge on any atom is -0.493 e. The molecular formula is C47H51N7O8. The van der Waals surface area contributed by atoms with Gasteiger partial charge in [0.2, 0.25) is 11.8 Å². The minimum absolute atomic E-state index is 0.00672. The van der Waals surface area contributed by atoms with Crippen molar-refractivity contribution < 1.29 is 38.1 Å². The number of carbonyl (C=O) groups excluding carboxylic acids is 4. The van der Waals surface area contributed by atoms with Crippen LogP contribution in [0.3, 0.4) is 0 Å². The molecule has 0 radical (unpaired) electrons. The number of nitrogens with one attached hydrogen (secondary N) is 2. The van der Waals surface area contributed by atoms with Crippen LogP contribution in [-0.2, 0) is 29.3 Å². The van der Waals surface area contributed by atoms with Gasteiger partial charge in [0, 0.05) is 57.7 Å². The molecule has 322 valence electrons. The lowest BCUT2D eigenvalue weighted by Crippen LogP contribution is -2.42. The molecule has 2 saturated heterocycles. The summed E-state index contributed by atoms with van der Waals surface area (Å²) in [5.41, 5.74) is 8.17. The van der Waals surface area contributed by atoms with Crippen LogP contribution in [0.2, 0.25) is 0 Å². The van der Waals surface area contributed by atoms with E-state index in [9.17, 15) is 19.2 Å². The number of aliphatic imine (C=N–C) groups is 1. The Morgan fingerprint density at radius 1 is 0.871 bits per heavy atom. The van der Waals surface area contributed by atoms with Gasteiger partial charge in [0.15, 0.2) is 23.0 Å². The molecule has 4 heterocycles. The quantitative estimate of drug-likeness (QED) is 0.0906. The Bertz CT molecular complexity index is 2520. The van der Waals surface area contributed by atoms with Gasteiger partial charge in [-0.3, -0.25) is 29.5 Å². The van der Waals surface area contributed by atoms with Crippen LogP contribution in [0, 0.1) is 10.8 Å². The molecule has 2 aliphatic carbocycles. The largest absolute Gasteiger partial charge is 0.493 e. The Balaban J connectivity index is 0.990. The molecule has 1 atom stereocenters. The predicted molar refractivity (Wildman–Crippen MR) is 230 cm³/mol. The maximum atomic E-state index is 14.2. The number of amides is 4. The molecule has 4 aliphatic heterocycles. The molecule has 4 fully saturated rings. The van der Waals surface area contributed by atoms with Crippen LogP contribution in [-0.4, -0.2) is 91.1 Å². The van der Waals surface area contributed by atoms with E-state index in [-0.39, 0.29) is 42.9 Å². The predicted octanol–water partition coefficient (Wildman–Crippen LogP) is 5.56. The molecule has 6 aliphatic rings. The lowest BCUT2D eigenvalue weighted by molar-refractivity contribution is -0.140. The fourth-order valence-electron chi connectivity index (χ4n) is 10.3. The SMILES string of the molecule is C=C1CC2=C=Nc3cc(OCc4cc(COc5cc6c(cc5OC)C(=O)N5CC(=C)C[C@H]5CN6)cc(CN(C)C(=O)C56CCC(C(=O)NN)(CC5)C6)c4)c(OC)cc3C(=O)N2C1. The molecule has 2 bridgehead atoms. The van der Waals surface area contributed by atoms with Crippen LogP contribution in [0.4, 0.5) is 11.4 Å². The lowest BCUT2D eigenvalue weighted by atomic mass is 9.81. The summed E-state index contributed by atoms with van der Waals surface area (Å²) in [5.74, 6) is 9.76. The molecular weight excluding hydrogens is 791 g/mol. The Morgan fingerprint density at radius 3 is 2.19 bits per heavy atom. The molecule has 3 aromatic carbocycles. The summed E-state index contributed by atoms with van der Waals surface area (Å²) in [4.78, 5) is 63.9. The van der Waals surface area contributed by atoms with Crippen LogP contribution in [0.5, 0.6) is 23.0 Å². The third-order valence-electron chi connectivity index (χ3n) is 13.4. The maximum Gasteiger partial charge on any atom is 0.261 e. The second kappa shape index (κ2) is 15.7. The second-order valence-corrected chi connectivity index (χ2v) is 17.6. The third-order valence-corrected chi connectivity index (χ3v) is 13.4. The highest BCUT2D eigenvalue weighted by atomic mass is 16.5. The zero-order valence-electron chi connectivity index (χ0n) is 35.4. The molecule has 9 rings (SSSR count). The fourth-order valence-corrected chi connectivity index (χ4v) is 10.3. The summed E-state index contributed by atoms with van der Waals surface area (Å²) in [7, 11) is 4.86. The van der Waals surface area contributed by atoms with Crippen molar-refractivity contribution in [2.45, 2.75) is 70.7 Å². The Hall–Kier alpha value is -6.57. The zero-order valence-corrected chi connectivity index (χ0v) is 35.4. The molecule has 4 N–H and O–H groups in total. The summed E-state index contributed by atoms with van der Waals surface area (Å²) in [6.07, 6.45) is 4.30. The number of hydrogen-bond acceptors (Lipinski definition) is 11. The highest BCUT2D eigenvalue weighted by molar-refractivity contribution is 6.04. The molecule has 62 heavy (non-hydrogen) atoms. The summed E-state index contributed by atoms with van der Waals surface area (Å²) in [6, 6.07) is 12.9. The molecule has 15 nitrogen and oxygen atoms in total. The topological polar surface area (TPSA) is 177 Å². The fraction of sp³-hybridized carbons (Fsp3) is 0.404. The van der Waals surface area contributed by atoms with Gasteiger partial charge < -0.3 is 34.1 Å². The second-order valence-electron chi connectivity index (χ2n) is 17.6. The van der Waals surface area contributed by atoms with Gasteiger partial charge in [0.05, 0.1) is 59.3 Å². The first-order valence-electron chi connectivity index (χ1n) is 20.9. The van der Waals surface area contributed by atoms with Gasteiger partial charge in [-0.1, -0.05) is 36.4 Å². The van der Waals surface area contributed by atoms with E-state index in [2.05, 4.69) is 34.8 Å². The maximum absolute atomic E-state index is 14.2. The first-order valence-corrected chi connectivity index (χ1v) is 20.9. The Morgan fingerprint density at radius 2 is 1.52 bits per heavy atom. The van der Waals surface area contributed by atoms with Crippen molar-refractivity contribution in [3.8, 4) is 23.0 Å². The average molecular weight is 842 g/mol. The van der Waals surface area contributed by atoms with E-state index in [0.29, 0.717) is 116 Å². The summed E-state index contributed by atoms with van der Waals surface area (Å²) in [5, 5.41) is 3.44. The van der Waals surface area contributed by atoms with E-state index in [0.717, 1.165) is 34.3 Å². The number of rotatable bonds is 12. The number of benzene rings is 3. The first kappa shape index (κ1) is 40.8. The number of allylic oxidation sites excluding steroid dienone is 1. The number of fused-ring (bicyclic) bond motifs is 6. The monoisotopic (exact) mass is 841 g/mol. The number of hydrogen-bond donors (Lipinski definition) is 3. The van der Waals surface area contributed by atoms with Crippen molar-refractivity contribution in [3.63, 3.8) is 0 Å². The standard InChI is InChI=1S/C47H51N7O8/c1-27-10-32-19-49-36-17-40(38(59-4)15-34(36)42(55)53(32)21-27)61-24-30-12-29(23-52(3)45(58)47-8-6-46(26-47,7-9-47)44(57)51-48)13-31(14-30)25-62-41-18-37-35(16-39(41)60-5)43(56)54-22-28(2)11-33(54)20-50-37/h12-18,32,49H,1-2,6-11,19,21-26,48H2,3-5H3,(H,51,57)/t32-,46?,47?/m0/s1. The van der Waals surface area contributed by atoms with E-state index in [1.54, 1.807) is 42.2 Å². The number of nitrogens with two attached hydrogens (primary N) is 1. The number of ether oxygens (including phenoxy) is 4. The smallest absolute Gasteiger partial charge is 0.261 e. The van der Waals surface area contributed by atoms with Crippen LogP contribution < -0.4 is 35.5 Å². The Kier molecular flexibility index (Phi) is 10.3. The van der Waals surface area contributed by atoms with Crippen molar-refractivity contribution in [1.82, 2.24) is 20.1 Å². The van der Waals surface area contributed by atoms with Crippen molar-refractivity contribution in [1.29, 1.82) is 0 Å². The van der Waals surface area contributed by atoms with Gasteiger partial charge in [0.1, 0.15) is 13.2 Å². The molecule has 15 heteroatoms. The molecule has 4 amide bonds. The number of hydrazine groups is 1. The summed E-state index contributed by atoms with van der Waals surface area (Å²) >= 11 is 0. The third kappa shape index (κ3) is 7.14. The van der Waals surface area contributed by atoms with Gasteiger partial charge in [-0.15, -0.1) is 0 Å². The van der Waals surface area contributed by atoms with Crippen molar-refractivity contribution >= 4 is 40.9 Å². The van der Waals surface area contributed by atoms with Crippen molar-refractivity contribution in [2.75, 3.05) is 46.2 Å². The number of methoxy groups -OCH3 is 2. The average Bonchev–Trinajstić information content (AvgIpc) is 4.04. The molecule has 0 unspecified atom stereocenters. The van der Waals surface area contributed by atoms with Crippen LogP contribution in [0.1, 0.15) is 82.4 Å². The van der Waals surface area contributed by atoms with E-state index in [1.807, 2.05) is 29.2 Å². The summed E-state index contributed by atoms with van der Waals surface area (Å²) < 4.78 is 24.3. The van der Waals surface area contributed by atoms with Crippen LogP contribution in [0.25, 0.3) is 0 Å². The number of carbonyl (C=O) groups is 4. The van der Waals surface area contributed by atoms with Gasteiger partial charge in [0.25, 0.3) is 11.8 Å². The van der Waals surface area contributed by atoms with E-state index in [1.165, 1.54) is 7.11 Å². The van der Waals surface area contributed by atoms with Crippen molar-refractivity contribution in [2.24, 2.45) is 21.7 Å². The van der Waals surface area contributed by atoms with Gasteiger partial charge in [-0.05, 0) is 73.4 Å². The highest BCUT2D eigenvalue weighted by Crippen LogP contribution is 2.62. The first-order chi connectivity index (χ1) is 29.8. The minimum atomic E-state index is -0.611. The lowest BCUT2D eigenvalue weighted by Gasteiger charge is -2.31. The molecule has 3 aromatic rings. The van der Waals surface area contributed by atoms with E-state index < -0.39 is 10.8 Å². The number of anilines is 1. The highest BCUT2D eigenvalue weighted by Gasteiger charge is 2.61. The number of nitrogens with zero attached hydrogens (tertiary/aromatic N) is 4. The molecule has 2 saturated carbocycles. The van der Waals surface area contributed by atoms with Crippen LogP contribution >= 0.6 is 0 Å². The normalized spacial score (nSPS) is 23.1. The van der Waals surface area contributed by atoms with Crippen molar-refractivity contribution in [3.05, 3.63) is 100 Å². The molecule has 0 aromatic heterocycles. The van der Waals surface area contributed by atoms with Crippen LogP contribution in [0.15, 0.2) is 77.5 Å². The molecule has 0 spiro atoms.